The van der Waals surface area contributed by atoms with E-state index in [0.29, 0.717) is 0 Å². The Morgan fingerprint density at radius 1 is 1.04 bits per heavy atom. The quantitative estimate of drug-likeness (QED) is 0.798. The van der Waals surface area contributed by atoms with Crippen molar-refractivity contribution in [2.45, 2.75) is 50.8 Å². The molecule has 3 rings (SSSR count). The van der Waals surface area contributed by atoms with Gasteiger partial charge in [-0.15, -0.1) is 0 Å². The number of carbonyl (C=O) groups excluding carboxylic acids is 1. The van der Waals surface area contributed by atoms with Gasteiger partial charge in [0, 0.05) is 18.7 Å². The van der Waals surface area contributed by atoms with E-state index in [1.54, 1.807) is 18.2 Å². The fourth-order valence-corrected chi connectivity index (χ4v) is 4.49. The van der Waals surface area contributed by atoms with Gasteiger partial charge in [0.1, 0.15) is 0 Å². The average molecular weight is 387 g/mol. The Labute approximate surface area is 161 Å². The van der Waals surface area contributed by atoms with Gasteiger partial charge in [0.05, 0.1) is 4.90 Å². The Kier molecular flexibility index (Phi) is 5.97. The summed E-state index contributed by atoms with van der Waals surface area (Å²) >= 11 is 0. The van der Waals surface area contributed by atoms with E-state index in [1.807, 2.05) is 26.0 Å². The molecule has 0 radical (unpaired) electrons. The van der Waals surface area contributed by atoms with Crippen molar-refractivity contribution in [1.29, 1.82) is 0 Å². The maximum absolute atomic E-state index is 12.4. The molecule has 0 unspecified atom stereocenters. The molecular weight excluding hydrogens is 360 g/mol. The first-order valence-corrected chi connectivity index (χ1v) is 10.8. The van der Waals surface area contributed by atoms with E-state index in [-0.39, 0.29) is 23.8 Å². The van der Waals surface area contributed by atoms with Gasteiger partial charge >= 0.3 is 0 Å². The number of anilines is 1. The molecule has 6 heteroatoms. The average Bonchev–Trinajstić information content (AvgIpc) is 2.64. The highest BCUT2D eigenvalue weighted by Crippen LogP contribution is 2.27. The van der Waals surface area contributed by atoms with Crippen LogP contribution in [0.1, 0.15) is 41.5 Å². The third-order valence-electron chi connectivity index (χ3n) is 5.10. The van der Waals surface area contributed by atoms with Crippen LogP contribution in [0, 0.1) is 13.8 Å². The fraction of sp³-hybridized carbons (Fsp3) is 0.381. The van der Waals surface area contributed by atoms with E-state index >= 15 is 0 Å². The lowest BCUT2D eigenvalue weighted by atomic mass is 9.90. The van der Waals surface area contributed by atoms with Crippen molar-refractivity contribution in [2.75, 3.05) is 11.9 Å². The minimum absolute atomic E-state index is 0.0656. The largest absolute Gasteiger partial charge is 0.326 e. The molecule has 0 saturated heterocycles. The molecule has 2 N–H and O–H groups in total. The first-order chi connectivity index (χ1) is 12.9. The molecule has 0 aromatic heterocycles. The van der Waals surface area contributed by atoms with Gasteiger partial charge in [0.25, 0.3) is 0 Å². The van der Waals surface area contributed by atoms with E-state index in [4.69, 9.17) is 0 Å². The van der Waals surface area contributed by atoms with Crippen molar-refractivity contribution in [3.63, 3.8) is 0 Å². The minimum atomic E-state index is -3.61. The summed E-state index contributed by atoms with van der Waals surface area (Å²) < 4.78 is 27.3. The van der Waals surface area contributed by atoms with Crippen LogP contribution in [-0.4, -0.2) is 20.9 Å². The third kappa shape index (κ3) is 4.76. The van der Waals surface area contributed by atoms with Gasteiger partial charge in [-0.25, -0.2) is 13.1 Å². The molecule has 1 aliphatic carbocycles. The topological polar surface area (TPSA) is 75.3 Å². The lowest BCUT2D eigenvalue weighted by Crippen LogP contribution is -2.28. The molecule has 0 fully saturated rings. The summed E-state index contributed by atoms with van der Waals surface area (Å²) in [4.78, 5) is 12.5. The van der Waals surface area contributed by atoms with Gasteiger partial charge in [0.15, 0.2) is 0 Å². The third-order valence-corrected chi connectivity index (χ3v) is 6.56. The molecule has 0 spiro atoms. The van der Waals surface area contributed by atoms with Gasteiger partial charge in [-0.3, -0.25) is 4.79 Å². The summed E-state index contributed by atoms with van der Waals surface area (Å²) in [5.41, 5.74) is 5.33. The van der Waals surface area contributed by atoms with Crippen molar-refractivity contribution >= 4 is 21.6 Å². The number of fused-ring (bicyclic) bond motifs is 1. The Morgan fingerprint density at radius 3 is 2.59 bits per heavy atom. The summed E-state index contributed by atoms with van der Waals surface area (Å²) in [5.74, 6) is -0.184. The van der Waals surface area contributed by atoms with E-state index in [2.05, 4.69) is 16.1 Å². The molecule has 5 nitrogen and oxygen atoms in total. The highest BCUT2D eigenvalue weighted by atomic mass is 32.2. The number of aryl methyl sites for hydroxylation is 3. The van der Waals surface area contributed by atoms with Crippen molar-refractivity contribution < 1.29 is 13.2 Å². The fourth-order valence-electron chi connectivity index (χ4n) is 3.37. The molecule has 0 bridgehead atoms. The number of carbonyl (C=O) groups is 1. The molecule has 2 aromatic rings. The predicted molar refractivity (Wildman–Crippen MR) is 107 cm³/mol. The van der Waals surface area contributed by atoms with E-state index in [0.717, 1.165) is 36.1 Å². The van der Waals surface area contributed by atoms with Crippen LogP contribution in [0.15, 0.2) is 41.3 Å². The van der Waals surface area contributed by atoms with Gasteiger partial charge in [-0.1, -0.05) is 18.2 Å². The molecule has 1 aliphatic rings. The summed E-state index contributed by atoms with van der Waals surface area (Å²) in [6.45, 7) is 3.88. The first-order valence-electron chi connectivity index (χ1n) is 9.34. The number of hydrogen-bond acceptors (Lipinski definition) is 3. The standard InChI is InChI=1S/C21H26N2O3S/c1-15-10-11-18(14-16(15)2)27(25,26)22-13-12-21(24)23-20-9-5-7-17-6-3-4-8-19(17)20/h5,7,9-11,14,22H,3-4,6,8,12-13H2,1-2H3,(H,23,24). The Bertz CT molecular complexity index is 952. The SMILES string of the molecule is Cc1ccc(S(=O)(=O)NCCC(=O)Nc2cccc3c2CCCC3)cc1C. The van der Waals surface area contributed by atoms with Crippen LogP contribution >= 0.6 is 0 Å². The second-order valence-corrected chi connectivity index (χ2v) is 8.86. The molecule has 0 atom stereocenters. The number of amides is 1. The lowest BCUT2D eigenvalue weighted by Gasteiger charge is -2.19. The molecule has 144 valence electrons. The molecule has 0 saturated carbocycles. The number of sulfonamides is 1. The van der Waals surface area contributed by atoms with Gasteiger partial charge in [-0.2, -0.15) is 0 Å². The molecule has 0 aliphatic heterocycles. The Hall–Kier alpha value is -2.18. The van der Waals surface area contributed by atoms with Crippen LogP contribution in [0.5, 0.6) is 0 Å². The predicted octanol–water partition coefficient (Wildman–Crippen LogP) is 3.49. The molecule has 0 heterocycles. The monoisotopic (exact) mass is 386 g/mol. The smallest absolute Gasteiger partial charge is 0.240 e. The zero-order valence-electron chi connectivity index (χ0n) is 15.8. The van der Waals surface area contributed by atoms with Crippen molar-refractivity contribution in [1.82, 2.24) is 4.72 Å². The van der Waals surface area contributed by atoms with Crippen LogP contribution in [0.2, 0.25) is 0 Å². The van der Waals surface area contributed by atoms with Crippen LogP contribution < -0.4 is 10.0 Å². The Morgan fingerprint density at radius 2 is 1.81 bits per heavy atom. The highest BCUT2D eigenvalue weighted by molar-refractivity contribution is 7.89. The minimum Gasteiger partial charge on any atom is -0.326 e. The van der Waals surface area contributed by atoms with Crippen LogP contribution in [0.25, 0.3) is 0 Å². The van der Waals surface area contributed by atoms with Crippen molar-refractivity contribution in [3.8, 4) is 0 Å². The molecular formula is C21H26N2O3S. The van der Waals surface area contributed by atoms with Gasteiger partial charge in [0.2, 0.25) is 15.9 Å². The van der Waals surface area contributed by atoms with Gasteiger partial charge in [-0.05, 0) is 80.0 Å². The lowest BCUT2D eigenvalue weighted by molar-refractivity contribution is -0.116. The number of benzene rings is 2. The second-order valence-electron chi connectivity index (χ2n) is 7.09. The summed E-state index contributed by atoms with van der Waals surface area (Å²) in [6.07, 6.45) is 4.44. The molecule has 27 heavy (non-hydrogen) atoms. The highest BCUT2D eigenvalue weighted by Gasteiger charge is 2.17. The summed E-state index contributed by atoms with van der Waals surface area (Å²) in [6, 6.07) is 11.0. The molecule has 2 aromatic carbocycles. The zero-order chi connectivity index (χ0) is 19.4. The Balaban J connectivity index is 1.57. The summed E-state index contributed by atoms with van der Waals surface area (Å²) in [5, 5.41) is 2.94. The number of hydrogen-bond donors (Lipinski definition) is 2. The first kappa shape index (κ1) is 19.6. The second kappa shape index (κ2) is 8.23. The van der Waals surface area contributed by atoms with Crippen molar-refractivity contribution in [3.05, 3.63) is 58.7 Å². The summed E-state index contributed by atoms with van der Waals surface area (Å²) in [7, 11) is -3.61. The zero-order valence-corrected chi connectivity index (χ0v) is 16.7. The van der Waals surface area contributed by atoms with E-state index < -0.39 is 10.0 Å². The van der Waals surface area contributed by atoms with Gasteiger partial charge < -0.3 is 5.32 Å². The van der Waals surface area contributed by atoms with Crippen LogP contribution in [0.3, 0.4) is 0 Å². The number of rotatable bonds is 6. The van der Waals surface area contributed by atoms with E-state index in [9.17, 15) is 13.2 Å². The van der Waals surface area contributed by atoms with Crippen LogP contribution in [-0.2, 0) is 27.7 Å². The molecule has 1 amide bonds. The van der Waals surface area contributed by atoms with E-state index in [1.165, 1.54) is 17.5 Å². The maximum atomic E-state index is 12.4. The normalized spacial score (nSPS) is 13.9. The number of nitrogens with one attached hydrogen (secondary N) is 2. The van der Waals surface area contributed by atoms with Crippen molar-refractivity contribution in [2.24, 2.45) is 0 Å². The van der Waals surface area contributed by atoms with Crippen LogP contribution in [0.4, 0.5) is 5.69 Å². The maximum Gasteiger partial charge on any atom is 0.240 e.